The Kier molecular flexibility index (Phi) is 4.47. The van der Waals surface area contributed by atoms with Gasteiger partial charge in [-0.15, -0.1) is 0 Å². The van der Waals surface area contributed by atoms with Gasteiger partial charge in [0.1, 0.15) is 0 Å². The lowest BCUT2D eigenvalue weighted by Gasteiger charge is -2.14. The zero-order valence-corrected chi connectivity index (χ0v) is 12.4. The molecule has 112 valence electrons. The van der Waals surface area contributed by atoms with E-state index in [9.17, 15) is 13.2 Å². The molecule has 0 N–H and O–H groups in total. The fourth-order valence-electron chi connectivity index (χ4n) is 2.35. The van der Waals surface area contributed by atoms with Crippen molar-refractivity contribution in [3.63, 3.8) is 0 Å². The van der Waals surface area contributed by atoms with E-state index >= 15 is 0 Å². The van der Waals surface area contributed by atoms with Crippen molar-refractivity contribution in [3.05, 3.63) is 18.7 Å². The van der Waals surface area contributed by atoms with Crippen molar-refractivity contribution in [2.24, 2.45) is 5.41 Å². The first-order valence-corrected chi connectivity index (χ1v) is 8.50. The normalized spacial score (nSPS) is 16.9. The molecule has 1 aromatic rings. The van der Waals surface area contributed by atoms with E-state index in [4.69, 9.17) is 0 Å². The molecule has 0 aliphatic heterocycles. The highest BCUT2D eigenvalue weighted by atomic mass is 32.2. The number of methoxy groups -OCH3 is 1. The Bertz CT molecular complexity index is 547. The van der Waals surface area contributed by atoms with Crippen molar-refractivity contribution < 1.29 is 17.9 Å². The molecule has 1 fully saturated rings. The van der Waals surface area contributed by atoms with Crippen LogP contribution >= 0.6 is 0 Å². The van der Waals surface area contributed by atoms with E-state index < -0.39 is 9.84 Å². The van der Waals surface area contributed by atoms with Crippen LogP contribution in [0.1, 0.15) is 25.7 Å². The maximum absolute atomic E-state index is 12.1. The van der Waals surface area contributed by atoms with Crippen LogP contribution in [0.25, 0.3) is 0 Å². The third kappa shape index (κ3) is 4.33. The molecular weight excluding hydrogens is 280 g/mol. The van der Waals surface area contributed by atoms with Crippen LogP contribution in [0.2, 0.25) is 0 Å². The summed E-state index contributed by atoms with van der Waals surface area (Å²) in [6.45, 7) is 0.642. The second kappa shape index (κ2) is 5.95. The molecule has 7 heteroatoms. The van der Waals surface area contributed by atoms with Crippen LogP contribution in [0.5, 0.6) is 0 Å². The first-order valence-electron chi connectivity index (χ1n) is 6.68. The van der Waals surface area contributed by atoms with Crippen LogP contribution < -0.4 is 0 Å². The van der Waals surface area contributed by atoms with Crippen LogP contribution in [0.3, 0.4) is 0 Å². The molecule has 1 heterocycles. The van der Waals surface area contributed by atoms with Crippen molar-refractivity contribution in [3.8, 4) is 0 Å². The summed E-state index contributed by atoms with van der Waals surface area (Å²) in [4.78, 5) is 15.2. The molecule has 1 saturated carbocycles. The second-order valence-corrected chi connectivity index (χ2v) is 7.68. The summed E-state index contributed by atoms with van der Waals surface area (Å²) in [5, 5.41) is 0. The molecule has 6 nitrogen and oxygen atoms in total. The van der Waals surface area contributed by atoms with Crippen molar-refractivity contribution in [1.82, 2.24) is 9.55 Å². The quantitative estimate of drug-likeness (QED) is 0.670. The second-order valence-electron chi connectivity index (χ2n) is 5.50. The number of esters is 1. The lowest BCUT2D eigenvalue weighted by molar-refractivity contribution is -0.141. The summed E-state index contributed by atoms with van der Waals surface area (Å²) in [5.41, 5.74) is -0.360. The van der Waals surface area contributed by atoms with Crippen LogP contribution in [0.4, 0.5) is 0 Å². The number of aryl methyl sites for hydroxylation is 1. The molecule has 0 atom stereocenters. The van der Waals surface area contributed by atoms with Crippen molar-refractivity contribution in [1.29, 1.82) is 0 Å². The number of carbonyl (C=O) groups is 1. The number of sulfone groups is 1. The van der Waals surface area contributed by atoms with Gasteiger partial charge in [-0.1, -0.05) is 0 Å². The highest BCUT2D eigenvalue weighted by Crippen LogP contribution is 2.50. The molecule has 0 unspecified atom stereocenters. The zero-order chi connectivity index (χ0) is 14.6. The molecule has 0 spiro atoms. The lowest BCUT2D eigenvalue weighted by atomic mass is 10.1. The third-order valence-electron chi connectivity index (χ3n) is 3.66. The maximum atomic E-state index is 12.1. The topological polar surface area (TPSA) is 78.3 Å². The standard InChI is InChI=1S/C13H20N2O4S/c1-19-12(16)9-13(3-4-13)10-20(17,18)8-2-6-15-7-5-14-11-15/h5,7,11H,2-4,6,8-10H2,1H3. The summed E-state index contributed by atoms with van der Waals surface area (Å²) in [7, 11) is -1.79. The van der Waals surface area contributed by atoms with Crippen LogP contribution in [0.15, 0.2) is 18.7 Å². The SMILES string of the molecule is COC(=O)CC1(CS(=O)(=O)CCCn2ccnc2)CC1. The molecule has 2 rings (SSSR count). The van der Waals surface area contributed by atoms with Gasteiger partial charge < -0.3 is 9.30 Å². The molecule has 0 amide bonds. The van der Waals surface area contributed by atoms with E-state index in [-0.39, 0.29) is 29.3 Å². The first kappa shape index (κ1) is 15.0. The van der Waals surface area contributed by atoms with Gasteiger partial charge in [-0.25, -0.2) is 13.4 Å². The predicted molar refractivity (Wildman–Crippen MR) is 73.8 cm³/mol. The third-order valence-corrected chi connectivity index (χ3v) is 5.62. The van der Waals surface area contributed by atoms with Gasteiger partial charge in [-0.2, -0.15) is 0 Å². The summed E-state index contributed by atoms with van der Waals surface area (Å²) in [5.74, 6) is -0.0799. The summed E-state index contributed by atoms with van der Waals surface area (Å²) in [6, 6.07) is 0. The molecule has 0 bridgehead atoms. The number of aromatic nitrogens is 2. The minimum atomic E-state index is -3.13. The highest BCUT2D eigenvalue weighted by Gasteiger charge is 2.47. The molecule has 1 aliphatic carbocycles. The highest BCUT2D eigenvalue weighted by molar-refractivity contribution is 7.91. The average molecular weight is 300 g/mol. The van der Waals surface area contributed by atoms with E-state index in [0.717, 1.165) is 12.8 Å². The Balaban J connectivity index is 1.80. The van der Waals surface area contributed by atoms with Crippen molar-refractivity contribution in [2.45, 2.75) is 32.2 Å². The minimum absolute atomic E-state index is 0.0963. The van der Waals surface area contributed by atoms with Gasteiger partial charge in [-0.3, -0.25) is 4.79 Å². The van der Waals surface area contributed by atoms with Crippen molar-refractivity contribution in [2.75, 3.05) is 18.6 Å². The number of imidazole rings is 1. The monoisotopic (exact) mass is 300 g/mol. The van der Waals surface area contributed by atoms with Gasteiger partial charge >= 0.3 is 5.97 Å². The van der Waals surface area contributed by atoms with Crippen LogP contribution in [0, 0.1) is 5.41 Å². The molecule has 0 saturated heterocycles. The van der Waals surface area contributed by atoms with E-state index in [1.807, 2.05) is 10.8 Å². The Labute approximate surface area is 119 Å². The molecule has 20 heavy (non-hydrogen) atoms. The van der Waals surface area contributed by atoms with Gasteiger partial charge in [-0.05, 0) is 24.7 Å². The van der Waals surface area contributed by atoms with Gasteiger partial charge in [0.05, 0.1) is 31.4 Å². The van der Waals surface area contributed by atoms with E-state index in [0.29, 0.717) is 13.0 Å². The van der Waals surface area contributed by atoms with Gasteiger partial charge in [0.2, 0.25) is 0 Å². The van der Waals surface area contributed by atoms with E-state index in [1.165, 1.54) is 7.11 Å². The van der Waals surface area contributed by atoms with Gasteiger partial charge in [0.15, 0.2) is 9.84 Å². The van der Waals surface area contributed by atoms with Crippen molar-refractivity contribution >= 4 is 15.8 Å². The average Bonchev–Trinajstić information content (AvgIpc) is 2.91. The van der Waals surface area contributed by atoms with Crippen LogP contribution in [-0.4, -0.2) is 42.6 Å². The summed E-state index contributed by atoms with van der Waals surface area (Å²) < 4.78 is 30.7. The maximum Gasteiger partial charge on any atom is 0.306 e. The van der Waals surface area contributed by atoms with Gasteiger partial charge in [0, 0.05) is 18.9 Å². The largest absolute Gasteiger partial charge is 0.469 e. The molecule has 1 aromatic heterocycles. The molecule has 0 radical (unpaired) electrons. The number of carbonyl (C=O) groups excluding carboxylic acids is 1. The molecule has 1 aliphatic rings. The minimum Gasteiger partial charge on any atom is -0.469 e. The number of hydrogen-bond donors (Lipinski definition) is 0. The first-order chi connectivity index (χ1) is 9.45. The smallest absolute Gasteiger partial charge is 0.306 e. The Morgan fingerprint density at radius 1 is 1.45 bits per heavy atom. The fourth-order valence-corrected chi connectivity index (χ4v) is 4.39. The van der Waals surface area contributed by atoms with E-state index in [2.05, 4.69) is 9.72 Å². The zero-order valence-electron chi connectivity index (χ0n) is 11.6. The molecule has 0 aromatic carbocycles. The fraction of sp³-hybridized carbons (Fsp3) is 0.692. The van der Waals surface area contributed by atoms with E-state index in [1.54, 1.807) is 12.5 Å². The van der Waals surface area contributed by atoms with Crippen LogP contribution in [-0.2, 0) is 25.9 Å². The Morgan fingerprint density at radius 2 is 2.20 bits per heavy atom. The predicted octanol–water partition coefficient (Wildman–Crippen LogP) is 1.03. The van der Waals surface area contributed by atoms with Gasteiger partial charge in [0.25, 0.3) is 0 Å². The molecular formula is C13H20N2O4S. The number of hydrogen-bond acceptors (Lipinski definition) is 5. The Morgan fingerprint density at radius 3 is 2.75 bits per heavy atom. The summed E-state index contributed by atoms with van der Waals surface area (Å²) in [6.07, 6.45) is 7.52. The number of ether oxygens (including phenoxy) is 1. The number of rotatable bonds is 8. The summed E-state index contributed by atoms with van der Waals surface area (Å²) >= 11 is 0. The number of nitrogens with zero attached hydrogens (tertiary/aromatic N) is 2. The lowest BCUT2D eigenvalue weighted by Crippen LogP contribution is -2.23. The Hall–Kier alpha value is -1.37.